The summed E-state index contributed by atoms with van der Waals surface area (Å²) < 4.78 is 24.5. The van der Waals surface area contributed by atoms with E-state index in [1.54, 1.807) is 14.2 Å². The Morgan fingerprint density at radius 3 is 2.33 bits per heavy atom. The van der Waals surface area contributed by atoms with Crippen LogP contribution in [0, 0.1) is 5.82 Å². The highest BCUT2D eigenvalue weighted by molar-refractivity contribution is 5.50. The second-order valence-corrected chi connectivity index (χ2v) is 5.82. The van der Waals surface area contributed by atoms with Crippen LogP contribution in [0.25, 0.3) is 0 Å². The second kappa shape index (κ2) is 7.64. The molecule has 1 aliphatic rings. The number of rotatable bonds is 5. The minimum absolute atomic E-state index is 0.00208. The zero-order chi connectivity index (χ0) is 16.9. The molecule has 2 aromatic rings. The number of hydrogen-bond acceptors (Lipinski definition) is 4. The van der Waals surface area contributed by atoms with Crippen molar-refractivity contribution in [2.45, 2.75) is 6.04 Å². The lowest BCUT2D eigenvalue weighted by atomic mass is 9.95. The van der Waals surface area contributed by atoms with Gasteiger partial charge in [-0.15, -0.1) is 0 Å². The maximum absolute atomic E-state index is 13.4. The number of nitrogens with zero attached hydrogens (tertiary/aromatic N) is 1. The Labute approximate surface area is 142 Å². The van der Waals surface area contributed by atoms with Crippen molar-refractivity contribution in [3.05, 3.63) is 59.4 Å². The molecule has 4 nitrogen and oxygen atoms in total. The fraction of sp³-hybridized carbons (Fsp3) is 0.368. The van der Waals surface area contributed by atoms with Crippen LogP contribution >= 0.6 is 0 Å². The summed E-state index contributed by atoms with van der Waals surface area (Å²) in [4.78, 5) is 2.39. The van der Waals surface area contributed by atoms with Crippen molar-refractivity contribution < 1.29 is 13.9 Å². The van der Waals surface area contributed by atoms with Crippen LogP contribution in [0.4, 0.5) is 4.39 Å². The molecule has 1 fully saturated rings. The first-order valence-corrected chi connectivity index (χ1v) is 8.15. The number of methoxy groups -OCH3 is 2. The molecule has 1 N–H and O–H groups in total. The molecule has 1 unspecified atom stereocenters. The summed E-state index contributed by atoms with van der Waals surface area (Å²) in [7, 11) is 3.29. The lowest BCUT2D eigenvalue weighted by Crippen LogP contribution is -2.45. The maximum Gasteiger partial charge on any atom is 0.165 e. The van der Waals surface area contributed by atoms with Crippen LogP contribution in [0.3, 0.4) is 0 Å². The fourth-order valence-electron chi connectivity index (χ4n) is 3.30. The van der Waals surface area contributed by atoms with Crippen LogP contribution in [-0.4, -0.2) is 45.3 Å². The summed E-state index contributed by atoms with van der Waals surface area (Å²) in [6.07, 6.45) is 0. The van der Waals surface area contributed by atoms with Crippen LogP contribution < -0.4 is 14.8 Å². The van der Waals surface area contributed by atoms with Gasteiger partial charge in [0, 0.05) is 31.7 Å². The lowest BCUT2D eigenvalue weighted by Gasteiger charge is -2.36. The summed E-state index contributed by atoms with van der Waals surface area (Å²) in [6.45, 7) is 3.71. The van der Waals surface area contributed by atoms with E-state index in [0.717, 1.165) is 43.1 Å². The molecule has 0 amide bonds. The second-order valence-electron chi connectivity index (χ2n) is 5.82. The number of piperazine rings is 1. The molecule has 0 aromatic heterocycles. The minimum atomic E-state index is -0.226. The van der Waals surface area contributed by atoms with Gasteiger partial charge in [0.1, 0.15) is 5.82 Å². The highest BCUT2D eigenvalue weighted by Crippen LogP contribution is 2.40. The number of halogens is 1. The van der Waals surface area contributed by atoms with Crippen LogP contribution in [0.15, 0.2) is 42.5 Å². The molecule has 128 valence electrons. The minimum Gasteiger partial charge on any atom is -0.493 e. The third-order valence-electron chi connectivity index (χ3n) is 4.43. The highest BCUT2D eigenvalue weighted by Gasteiger charge is 2.27. The standard InChI is InChI=1S/C19H23FN2O2/c1-23-17-5-3-4-16(19(17)24-2)18(22-12-10-21-11-13-22)14-6-8-15(20)9-7-14/h3-9,18,21H,10-13H2,1-2H3. The summed E-state index contributed by atoms with van der Waals surface area (Å²) in [6, 6.07) is 12.6. The third kappa shape index (κ3) is 3.37. The molecule has 1 heterocycles. The molecule has 5 heteroatoms. The molecule has 2 aromatic carbocycles. The molecule has 1 aliphatic heterocycles. The van der Waals surface area contributed by atoms with Crippen molar-refractivity contribution in [3.8, 4) is 11.5 Å². The van der Waals surface area contributed by atoms with Gasteiger partial charge in [0.15, 0.2) is 11.5 Å². The average molecular weight is 330 g/mol. The topological polar surface area (TPSA) is 33.7 Å². The van der Waals surface area contributed by atoms with Gasteiger partial charge in [-0.1, -0.05) is 24.3 Å². The number of benzene rings is 2. The van der Waals surface area contributed by atoms with Gasteiger partial charge in [-0.2, -0.15) is 0 Å². The van der Waals surface area contributed by atoms with Gasteiger partial charge >= 0.3 is 0 Å². The summed E-state index contributed by atoms with van der Waals surface area (Å²) in [5, 5.41) is 3.38. The molecule has 0 spiro atoms. The number of ether oxygens (including phenoxy) is 2. The largest absolute Gasteiger partial charge is 0.493 e. The third-order valence-corrected chi connectivity index (χ3v) is 4.43. The monoisotopic (exact) mass is 330 g/mol. The number of nitrogens with one attached hydrogen (secondary N) is 1. The first-order valence-electron chi connectivity index (χ1n) is 8.15. The Balaban J connectivity index is 2.09. The first kappa shape index (κ1) is 16.7. The Morgan fingerprint density at radius 1 is 1.00 bits per heavy atom. The fourth-order valence-corrected chi connectivity index (χ4v) is 3.30. The zero-order valence-electron chi connectivity index (χ0n) is 14.1. The molecule has 0 aliphatic carbocycles. The molecular weight excluding hydrogens is 307 g/mol. The van der Waals surface area contributed by atoms with Crippen molar-refractivity contribution in [2.24, 2.45) is 0 Å². The first-order chi connectivity index (χ1) is 11.7. The van der Waals surface area contributed by atoms with E-state index in [2.05, 4.69) is 16.3 Å². The van der Waals surface area contributed by atoms with Gasteiger partial charge in [-0.25, -0.2) is 4.39 Å². The van der Waals surface area contributed by atoms with Crippen LogP contribution in [-0.2, 0) is 0 Å². The Hall–Kier alpha value is -2.11. The lowest BCUT2D eigenvalue weighted by molar-refractivity contribution is 0.194. The van der Waals surface area contributed by atoms with Gasteiger partial charge in [-0.3, -0.25) is 4.90 Å². The number of para-hydroxylation sites is 1. The van der Waals surface area contributed by atoms with Crippen molar-refractivity contribution in [1.82, 2.24) is 10.2 Å². The summed E-state index contributed by atoms with van der Waals surface area (Å²) >= 11 is 0. The molecule has 0 radical (unpaired) electrons. The van der Waals surface area contributed by atoms with E-state index in [-0.39, 0.29) is 11.9 Å². The molecule has 24 heavy (non-hydrogen) atoms. The van der Waals surface area contributed by atoms with Crippen LogP contribution in [0.2, 0.25) is 0 Å². The Kier molecular flexibility index (Phi) is 5.33. The normalized spacial score (nSPS) is 16.6. The molecular formula is C19H23FN2O2. The highest BCUT2D eigenvalue weighted by atomic mass is 19.1. The van der Waals surface area contributed by atoms with E-state index >= 15 is 0 Å². The summed E-state index contributed by atoms with van der Waals surface area (Å²) in [5.74, 6) is 1.21. The Bertz CT molecular complexity index is 670. The average Bonchev–Trinajstić information content (AvgIpc) is 2.64. The predicted molar refractivity (Wildman–Crippen MR) is 92.2 cm³/mol. The molecule has 1 saturated heterocycles. The van der Waals surface area contributed by atoms with Gasteiger partial charge in [0.2, 0.25) is 0 Å². The van der Waals surface area contributed by atoms with Gasteiger partial charge in [-0.05, 0) is 23.8 Å². The Morgan fingerprint density at radius 2 is 1.71 bits per heavy atom. The van der Waals surface area contributed by atoms with E-state index in [9.17, 15) is 4.39 Å². The predicted octanol–water partition coefficient (Wildman–Crippen LogP) is 2.84. The molecule has 0 saturated carbocycles. The maximum atomic E-state index is 13.4. The van der Waals surface area contributed by atoms with Crippen molar-refractivity contribution in [3.63, 3.8) is 0 Å². The van der Waals surface area contributed by atoms with Gasteiger partial charge in [0.25, 0.3) is 0 Å². The van der Waals surface area contributed by atoms with Gasteiger partial charge < -0.3 is 14.8 Å². The molecule has 1 atom stereocenters. The van der Waals surface area contributed by atoms with Crippen molar-refractivity contribution in [1.29, 1.82) is 0 Å². The van der Waals surface area contributed by atoms with Crippen LogP contribution in [0.1, 0.15) is 17.2 Å². The van der Waals surface area contributed by atoms with E-state index in [0.29, 0.717) is 5.75 Å². The van der Waals surface area contributed by atoms with Crippen LogP contribution in [0.5, 0.6) is 11.5 Å². The SMILES string of the molecule is COc1cccc(C(c2ccc(F)cc2)N2CCNCC2)c1OC. The van der Waals surface area contributed by atoms with E-state index in [1.165, 1.54) is 12.1 Å². The van der Waals surface area contributed by atoms with E-state index in [1.807, 2.05) is 24.3 Å². The van der Waals surface area contributed by atoms with E-state index < -0.39 is 0 Å². The number of hydrogen-bond donors (Lipinski definition) is 1. The molecule has 3 rings (SSSR count). The smallest absolute Gasteiger partial charge is 0.165 e. The van der Waals surface area contributed by atoms with E-state index in [4.69, 9.17) is 9.47 Å². The molecule has 0 bridgehead atoms. The quantitative estimate of drug-likeness (QED) is 0.914. The van der Waals surface area contributed by atoms with Gasteiger partial charge in [0.05, 0.1) is 20.3 Å². The zero-order valence-corrected chi connectivity index (χ0v) is 14.1. The summed E-state index contributed by atoms with van der Waals surface area (Å²) in [5.41, 5.74) is 2.08. The van der Waals surface area contributed by atoms with Crippen molar-refractivity contribution in [2.75, 3.05) is 40.4 Å². The van der Waals surface area contributed by atoms with Crippen molar-refractivity contribution >= 4 is 0 Å².